The quantitative estimate of drug-likeness (QED) is 0.865. The third-order valence-corrected chi connectivity index (χ3v) is 2.65. The SMILES string of the molecule is CC(C)(C)OC(=O)Nc1cc(C2(O)COC2)ncc1F. The van der Waals surface area contributed by atoms with Gasteiger partial charge in [-0.15, -0.1) is 0 Å². The fourth-order valence-electron chi connectivity index (χ4n) is 1.65. The molecule has 0 radical (unpaired) electrons. The van der Waals surface area contributed by atoms with Crippen LogP contribution < -0.4 is 5.32 Å². The molecular formula is C13H17FN2O4. The maximum Gasteiger partial charge on any atom is 0.412 e. The topological polar surface area (TPSA) is 80.7 Å². The summed E-state index contributed by atoms with van der Waals surface area (Å²) in [6, 6.07) is 1.28. The standard InChI is InChI=1S/C13H17FN2O4/c1-12(2,3)20-11(17)16-9-4-10(15-5-8(9)14)13(18)6-19-7-13/h4-5,18H,6-7H2,1-3H3,(H,15,16,17). The van der Waals surface area contributed by atoms with Gasteiger partial charge in [0.1, 0.15) is 5.60 Å². The molecule has 0 saturated carbocycles. The Morgan fingerprint density at radius 3 is 2.70 bits per heavy atom. The van der Waals surface area contributed by atoms with E-state index in [0.29, 0.717) is 0 Å². The van der Waals surface area contributed by atoms with Gasteiger partial charge in [-0.05, 0) is 26.8 Å². The maximum atomic E-state index is 13.6. The highest BCUT2D eigenvalue weighted by Gasteiger charge is 2.40. The van der Waals surface area contributed by atoms with Crippen molar-refractivity contribution < 1.29 is 23.8 Å². The number of aromatic nitrogens is 1. The maximum absolute atomic E-state index is 13.6. The first kappa shape index (κ1) is 14.7. The van der Waals surface area contributed by atoms with Crippen LogP contribution >= 0.6 is 0 Å². The normalized spacial score (nSPS) is 17.2. The van der Waals surface area contributed by atoms with Crippen molar-refractivity contribution in [2.75, 3.05) is 18.5 Å². The molecule has 0 aromatic carbocycles. The minimum atomic E-state index is -1.22. The molecule has 0 unspecified atom stereocenters. The number of nitrogens with zero attached hydrogens (tertiary/aromatic N) is 1. The Hall–Kier alpha value is -1.73. The number of rotatable bonds is 2. The fraction of sp³-hybridized carbons (Fsp3) is 0.538. The van der Waals surface area contributed by atoms with Crippen LogP contribution in [-0.2, 0) is 15.1 Å². The summed E-state index contributed by atoms with van der Waals surface area (Å²) in [4.78, 5) is 15.4. The number of nitrogens with one attached hydrogen (secondary N) is 1. The van der Waals surface area contributed by atoms with E-state index in [1.54, 1.807) is 20.8 Å². The molecule has 0 aliphatic carbocycles. The summed E-state index contributed by atoms with van der Waals surface area (Å²) in [7, 11) is 0. The van der Waals surface area contributed by atoms with E-state index in [0.717, 1.165) is 6.20 Å². The van der Waals surface area contributed by atoms with E-state index in [2.05, 4.69) is 10.3 Å². The number of pyridine rings is 1. The van der Waals surface area contributed by atoms with Gasteiger partial charge in [-0.3, -0.25) is 10.3 Å². The number of aliphatic hydroxyl groups is 1. The first-order valence-corrected chi connectivity index (χ1v) is 6.16. The van der Waals surface area contributed by atoms with E-state index < -0.39 is 23.1 Å². The van der Waals surface area contributed by atoms with Crippen LogP contribution in [0.25, 0.3) is 0 Å². The van der Waals surface area contributed by atoms with Gasteiger partial charge in [0.15, 0.2) is 11.4 Å². The van der Waals surface area contributed by atoms with Crippen LogP contribution in [0.5, 0.6) is 0 Å². The van der Waals surface area contributed by atoms with Gasteiger partial charge in [-0.2, -0.15) is 0 Å². The number of hydrogen-bond donors (Lipinski definition) is 2. The Bertz CT molecular complexity index is 524. The van der Waals surface area contributed by atoms with Crippen molar-refractivity contribution in [2.24, 2.45) is 0 Å². The molecule has 2 N–H and O–H groups in total. The van der Waals surface area contributed by atoms with Crippen molar-refractivity contribution in [1.29, 1.82) is 0 Å². The van der Waals surface area contributed by atoms with Crippen LogP contribution in [0.15, 0.2) is 12.3 Å². The zero-order chi connectivity index (χ0) is 15.0. The van der Waals surface area contributed by atoms with Crippen molar-refractivity contribution in [1.82, 2.24) is 4.98 Å². The molecule has 0 atom stereocenters. The zero-order valence-corrected chi connectivity index (χ0v) is 11.6. The number of amides is 1. The molecule has 0 bridgehead atoms. The lowest BCUT2D eigenvalue weighted by Gasteiger charge is -2.35. The third kappa shape index (κ3) is 3.23. The van der Waals surface area contributed by atoms with Crippen molar-refractivity contribution in [3.63, 3.8) is 0 Å². The molecule has 20 heavy (non-hydrogen) atoms. The van der Waals surface area contributed by atoms with Crippen LogP contribution in [0, 0.1) is 5.82 Å². The summed E-state index contributed by atoms with van der Waals surface area (Å²) in [5.41, 5.74) is -1.75. The largest absolute Gasteiger partial charge is 0.444 e. The van der Waals surface area contributed by atoms with Gasteiger partial charge in [-0.25, -0.2) is 9.18 Å². The molecule has 2 heterocycles. The summed E-state index contributed by atoms with van der Waals surface area (Å²) in [6.45, 7) is 5.30. The van der Waals surface area contributed by atoms with Crippen LogP contribution in [0.3, 0.4) is 0 Å². The number of anilines is 1. The average molecular weight is 284 g/mol. The fourth-order valence-corrected chi connectivity index (χ4v) is 1.65. The van der Waals surface area contributed by atoms with Crippen LogP contribution in [0.2, 0.25) is 0 Å². The Kier molecular flexibility index (Phi) is 3.66. The summed E-state index contributed by atoms with van der Waals surface area (Å²) in [5, 5.41) is 12.4. The molecule has 1 aliphatic heterocycles. The molecular weight excluding hydrogens is 267 g/mol. The number of carbonyl (C=O) groups is 1. The van der Waals surface area contributed by atoms with Gasteiger partial charge in [-0.1, -0.05) is 0 Å². The first-order chi connectivity index (χ1) is 9.20. The Labute approximate surface area is 115 Å². The minimum Gasteiger partial charge on any atom is -0.444 e. The van der Waals surface area contributed by atoms with Crippen molar-refractivity contribution in [3.8, 4) is 0 Å². The molecule has 1 amide bonds. The second-order valence-electron chi connectivity index (χ2n) is 5.70. The van der Waals surface area contributed by atoms with Gasteiger partial charge in [0.25, 0.3) is 0 Å². The molecule has 7 heteroatoms. The van der Waals surface area contributed by atoms with Gasteiger partial charge < -0.3 is 14.6 Å². The third-order valence-electron chi connectivity index (χ3n) is 2.65. The summed E-state index contributed by atoms with van der Waals surface area (Å²) >= 11 is 0. The highest BCUT2D eigenvalue weighted by atomic mass is 19.1. The highest BCUT2D eigenvalue weighted by molar-refractivity contribution is 5.85. The van der Waals surface area contributed by atoms with E-state index in [-0.39, 0.29) is 24.6 Å². The van der Waals surface area contributed by atoms with Crippen molar-refractivity contribution in [2.45, 2.75) is 32.0 Å². The molecule has 1 aliphatic rings. The molecule has 1 aromatic heterocycles. The second kappa shape index (κ2) is 4.99. The van der Waals surface area contributed by atoms with Gasteiger partial charge in [0.05, 0.1) is 30.8 Å². The van der Waals surface area contributed by atoms with E-state index in [1.165, 1.54) is 6.07 Å². The lowest BCUT2D eigenvalue weighted by Crippen LogP contribution is -2.47. The highest BCUT2D eigenvalue weighted by Crippen LogP contribution is 2.30. The van der Waals surface area contributed by atoms with E-state index in [4.69, 9.17) is 9.47 Å². The van der Waals surface area contributed by atoms with Gasteiger partial charge >= 0.3 is 6.09 Å². The molecule has 2 rings (SSSR count). The Balaban J connectivity index is 2.15. The molecule has 110 valence electrons. The van der Waals surface area contributed by atoms with Gasteiger partial charge in [0.2, 0.25) is 0 Å². The van der Waals surface area contributed by atoms with E-state index in [9.17, 15) is 14.3 Å². The number of halogens is 1. The average Bonchev–Trinajstić information content (AvgIpc) is 2.26. The lowest BCUT2D eigenvalue weighted by atomic mass is 9.97. The summed E-state index contributed by atoms with van der Waals surface area (Å²) < 4.78 is 23.6. The van der Waals surface area contributed by atoms with Crippen LogP contribution in [0.4, 0.5) is 14.9 Å². The minimum absolute atomic E-state index is 0.0930. The molecule has 0 spiro atoms. The van der Waals surface area contributed by atoms with Crippen LogP contribution in [0.1, 0.15) is 26.5 Å². The molecule has 1 fully saturated rings. The Morgan fingerprint density at radius 2 is 2.20 bits per heavy atom. The van der Waals surface area contributed by atoms with Crippen LogP contribution in [-0.4, -0.2) is 35.0 Å². The monoisotopic (exact) mass is 284 g/mol. The molecule has 1 saturated heterocycles. The number of hydrogen-bond acceptors (Lipinski definition) is 5. The van der Waals surface area contributed by atoms with E-state index >= 15 is 0 Å². The lowest BCUT2D eigenvalue weighted by molar-refractivity contribution is -0.186. The summed E-state index contributed by atoms with van der Waals surface area (Å²) in [6.07, 6.45) is 0.170. The first-order valence-electron chi connectivity index (χ1n) is 6.16. The smallest absolute Gasteiger partial charge is 0.412 e. The summed E-state index contributed by atoms with van der Waals surface area (Å²) in [5.74, 6) is -0.705. The van der Waals surface area contributed by atoms with E-state index in [1.807, 2.05) is 0 Å². The Morgan fingerprint density at radius 1 is 1.55 bits per heavy atom. The second-order valence-corrected chi connectivity index (χ2v) is 5.70. The predicted octanol–water partition coefficient (Wildman–Crippen LogP) is 1.79. The number of ether oxygens (including phenoxy) is 2. The zero-order valence-electron chi connectivity index (χ0n) is 11.6. The predicted molar refractivity (Wildman–Crippen MR) is 68.8 cm³/mol. The van der Waals surface area contributed by atoms with Crippen molar-refractivity contribution in [3.05, 3.63) is 23.8 Å². The molecule has 1 aromatic rings. The van der Waals surface area contributed by atoms with Gasteiger partial charge in [0, 0.05) is 0 Å². The van der Waals surface area contributed by atoms with Crippen molar-refractivity contribution >= 4 is 11.8 Å². The number of carbonyl (C=O) groups excluding carboxylic acids is 1. The molecule has 6 nitrogen and oxygen atoms in total.